The Bertz CT molecular complexity index is 1110. The van der Waals surface area contributed by atoms with Gasteiger partial charge in [0.15, 0.2) is 0 Å². The highest BCUT2D eigenvalue weighted by molar-refractivity contribution is 6.30. The van der Waals surface area contributed by atoms with Crippen LogP contribution in [0.2, 0.25) is 5.02 Å². The molecule has 0 aliphatic carbocycles. The second kappa shape index (κ2) is 7.46. The van der Waals surface area contributed by atoms with Crippen molar-refractivity contribution in [3.8, 4) is 0 Å². The molecule has 3 rings (SSSR count). The lowest BCUT2D eigenvalue weighted by molar-refractivity contribution is 0.0694. The number of aliphatic hydroxyl groups excluding tert-OH is 1. The van der Waals surface area contributed by atoms with Crippen LogP contribution in [-0.2, 0) is 13.0 Å². The Morgan fingerprint density at radius 1 is 1.33 bits per heavy atom. The SMILES string of the molecule is Cc1nc2c(cc1Cc1cccc(Cl)c1F)c(=O)c(C(=O)O)cn2CCO. The number of carboxylic acids is 1. The van der Waals surface area contributed by atoms with Gasteiger partial charge in [0.25, 0.3) is 0 Å². The Morgan fingerprint density at radius 3 is 2.74 bits per heavy atom. The topological polar surface area (TPSA) is 92.4 Å². The first-order valence-electron chi connectivity index (χ1n) is 8.14. The van der Waals surface area contributed by atoms with Crippen LogP contribution in [0.15, 0.2) is 35.3 Å². The minimum Gasteiger partial charge on any atom is -0.477 e. The molecule has 0 unspecified atom stereocenters. The highest BCUT2D eigenvalue weighted by Crippen LogP contribution is 2.23. The molecule has 3 aromatic rings. The number of aromatic nitrogens is 2. The number of hydrogen-bond acceptors (Lipinski definition) is 4. The molecule has 1 aromatic carbocycles. The fourth-order valence-electron chi connectivity index (χ4n) is 2.94. The van der Waals surface area contributed by atoms with Crippen molar-refractivity contribution in [2.45, 2.75) is 19.9 Å². The minimum atomic E-state index is -1.36. The van der Waals surface area contributed by atoms with Crippen LogP contribution in [0.3, 0.4) is 0 Å². The van der Waals surface area contributed by atoms with Gasteiger partial charge >= 0.3 is 5.97 Å². The smallest absolute Gasteiger partial charge is 0.341 e. The van der Waals surface area contributed by atoms with Crippen molar-refractivity contribution in [1.29, 1.82) is 0 Å². The maximum absolute atomic E-state index is 14.2. The molecule has 140 valence electrons. The Kier molecular flexibility index (Phi) is 5.25. The fraction of sp³-hybridized carbons (Fsp3) is 0.211. The summed E-state index contributed by atoms with van der Waals surface area (Å²) < 4.78 is 15.7. The van der Waals surface area contributed by atoms with Gasteiger partial charge in [0.05, 0.1) is 17.0 Å². The minimum absolute atomic E-state index is 0.00244. The van der Waals surface area contributed by atoms with Crippen molar-refractivity contribution in [1.82, 2.24) is 9.55 Å². The molecule has 0 aliphatic heterocycles. The van der Waals surface area contributed by atoms with E-state index in [9.17, 15) is 24.2 Å². The molecule has 0 radical (unpaired) electrons. The number of pyridine rings is 2. The third-order valence-corrected chi connectivity index (χ3v) is 4.62. The van der Waals surface area contributed by atoms with E-state index in [-0.39, 0.29) is 35.6 Å². The molecule has 0 saturated carbocycles. The molecule has 8 heteroatoms. The second-order valence-electron chi connectivity index (χ2n) is 6.09. The predicted octanol–water partition coefficient (Wildman–Crippen LogP) is 2.78. The first-order chi connectivity index (χ1) is 12.8. The van der Waals surface area contributed by atoms with E-state index < -0.39 is 22.8 Å². The van der Waals surface area contributed by atoms with Gasteiger partial charge in [-0.3, -0.25) is 4.79 Å². The number of rotatable bonds is 5. The molecule has 27 heavy (non-hydrogen) atoms. The van der Waals surface area contributed by atoms with E-state index >= 15 is 0 Å². The summed E-state index contributed by atoms with van der Waals surface area (Å²) in [6.45, 7) is 1.56. The van der Waals surface area contributed by atoms with Crippen LogP contribution in [0.25, 0.3) is 11.0 Å². The fourth-order valence-corrected chi connectivity index (χ4v) is 3.13. The van der Waals surface area contributed by atoms with Crippen LogP contribution in [0.5, 0.6) is 0 Å². The number of fused-ring (bicyclic) bond motifs is 1. The Morgan fingerprint density at radius 2 is 2.07 bits per heavy atom. The molecular weight excluding hydrogens is 375 g/mol. The van der Waals surface area contributed by atoms with E-state index in [0.29, 0.717) is 16.8 Å². The van der Waals surface area contributed by atoms with Gasteiger partial charge in [0.1, 0.15) is 17.0 Å². The van der Waals surface area contributed by atoms with Gasteiger partial charge in [-0.2, -0.15) is 0 Å². The summed E-state index contributed by atoms with van der Waals surface area (Å²) in [6.07, 6.45) is 1.32. The second-order valence-corrected chi connectivity index (χ2v) is 6.50. The number of aryl methyl sites for hydroxylation is 1. The normalized spacial score (nSPS) is 11.1. The van der Waals surface area contributed by atoms with Crippen molar-refractivity contribution < 1.29 is 19.4 Å². The molecule has 0 spiro atoms. The number of carbonyl (C=O) groups is 1. The van der Waals surface area contributed by atoms with Crippen LogP contribution in [-0.4, -0.2) is 32.3 Å². The van der Waals surface area contributed by atoms with E-state index in [1.807, 2.05) is 0 Å². The zero-order chi connectivity index (χ0) is 19.7. The summed E-state index contributed by atoms with van der Waals surface area (Å²) in [5.74, 6) is -1.91. The lowest BCUT2D eigenvalue weighted by atomic mass is 10.0. The molecular formula is C19H16ClFN2O4. The van der Waals surface area contributed by atoms with Crippen LogP contribution < -0.4 is 5.43 Å². The van der Waals surface area contributed by atoms with Gasteiger partial charge in [-0.15, -0.1) is 0 Å². The number of aromatic carboxylic acids is 1. The number of halogens is 2. The van der Waals surface area contributed by atoms with Crippen LogP contribution >= 0.6 is 11.6 Å². The van der Waals surface area contributed by atoms with Gasteiger partial charge in [0.2, 0.25) is 5.43 Å². The number of benzene rings is 1. The van der Waals surface area contributed by atoms with Crippen molar-refractivity contribution in [3.63, 3.8) is 0 Å². The van der Waals surface area contributed by atoms with Gasteiger partial charge in [0, 0.05) is 24.9 Å². The van der Waals surface area contributed by atoms with Gasteiger partial charge in [-0.05, 0) is 30.2 Å². The molecule has 0 amide bonds. The van der Waals surface area contributed by atoms with E-state index in [1.165, 1.54) is 22.9 Å². The van der Waals surface area contributed by atoms with Gasteiger partial charge < -0.3 is 14.8 Å². The van der Waals surface area contributed by atoms with Crippen LogP contribution in [0.4, 0.5) is 4.39 Å². The average molecular weight is 391 g/mol. The van der Waals surface area contributed by atoms with Crippen LogP contribution in [0.1, 0.15) is 27.2 Å². The monoisotopic (exact) mass is 390 g/mol. The van der Waals surface area contributed by atoms with E-state index in [4.69, 9.17) is 11.6 Å². The number of hydrogen-bond donors (Lipinski definition) is 2. The zero-order valence-corrected chi connectivity index (χ0v) is 15.1. The highest BCUT2D eigenvalue weighted by Gasteiger charge is 2.18. The Labute approximate surface area is 158 Å². The zero-order valence-electron chi connectivity index (χ0n) is 14.4. The maximum Gasteiger partial charge on any atom is 0.341 e. The standard InChI is InChI=1S/C19H16ClFN2O4/c1-10-12(7-11-3-2-4-15(20)16(11)21)8-13-17(25)14(19(26)27)9-23(5-6-24)18(13)22-10/h2-4,8-9,24H,5-7H2,1H3,(H,26,27). The summed E-state index contributed by atoms with van der Waals surface area (Å²) in [5, 5.41) is 18.6. The molecule has 0 fully saturated rings. The summed E-state index contributed by atoms with van der Waals surface area (Å²) in [4.78, 5) is 28.4. The van der Waals surface area contributed by atoms with Crippen molar-refractivity contribution >= 4 is 28.6 Å². The molecule has 0 bridgehead atoms. The summed E-state index contributed by atoms with van der Waals surface area (Å²) in [7, 11) is 0. The average Bonchev–Trinajstić information content (AvgIpc) is 2.62. The predicted molar refractivity (Wildman–Crippen MR) is 99.0 cm³/mol. The quantitative estimate of drug-likeness (QED) is 0.698. The molecule has 0 aliphatic rings. The third-order valence-electron chi connectivity index (χ3n) is 4.33. The first kappa shape index (κ1) is 19.0. The number of carboxylic acid groups (broad SMARTS) is 1. The lowest BCUT2D eigenvalue weighted by Crippen LogP contribution is -2.21. The summed E-state index contributed by atoms with van der Waals surface area (Å²) >= 11 is 5.82. The molecule has 2 aromatic heterocycles. The van der Waals surface area contributed by atoms with E-state index in [1.54, 1.807) is 19.1 Å². The molecule has 2 N–H and O–H groups in total. The van der Waals surface area contributed by atoms with Gasteiger partial charge in [-0.25, -0.2) is 14.2 Å². The van der Waals surface area contributed by atoms with E-state index in [0.717, 1.165) is 0 Å². The van der Waals surface area contributed by atoms with E-state index in [2.05, 4.69) is 4.98 Å². The Hall–Kier alpha value is -2.77. The van der Waals surface area contributed by atoms with Crippen molar-refractivity contribution in [3.05, 3.63) is 73.9 Å². The maximum atomic E-state index is 14.2. The van der Waals surface area contributed by atoms with Crippen LogP contribution in [0, 0.1) is 12.7 Å². The lowest BCUT2D eigenvalue weighted by Gasteiger charge is -2.14. The third kappa shape index (κ3) is 3.56. The van der Waals surface area contributed by atoms with Crippen molar-refractivity contribution in [2.24, 2.45) is 0 Å². The van der Waals surface area contributed by atoms with Crippen molar-refractivity contribution in [2.75, 3.05) is 6.61 Å². The summed E-state index contributed by atoms with van der Waals surface area (Å²) in [5.41, 5.74) is 0.673. The molecule has 0 atom stereocenters. The molecule has 6 nitrogen and oxygen atoms in total. The Balaban J connectivity index is 2.23. The molecule has 0 saturated heterocycles. The van der Waals surface area contributed by atoms with Gasteiger partial charge in [-0.1, -0.05) is 23.7 Å². The summed E-state index contributed by atoms with van der Waals surface area (Å²) in [6, 6.07) is 6.18. The largest absolute Gasteiger partial charge is 0.477 e. The highest BCUT2D eigenvalue weighted by atomic mass is 35.5. The number of aliphatic hydroxyl groups is 1. The number of nitrogens with zero attached hydrogens (tertiary/aromatic N) is 2. The first-order valence-corrected chi connectivity index (χ1v) is 8.52. The molecule has 2 heterocycles.